The molecule has 1 aromatic heterocycles. The molecule has 6 nitrogen and oxygen atoms in total. The quantitative estimate of drug-likeness (QED) is 0.808. The van der Waals surface area contributed by atoms with Crippen LogP contribution >= 0.6 is 0 Å². The summed E-state index contributed by atoms with van der Waals surface area (Å²) in [6, 6.07) is 8.58. The van der Waals surface area contributed by atoms with E-state index in [1.54, 1.807) is 6.20 Å². The van der Waals surface area contributed by atoms with Crippen molar-refractivity contribution in [3.63, 3.8) is 0 Å². The Morgan fingerprint density at radius 1 is 1.19 bits per heavy atom. The van der Waals surface area contributed by atoms with Crippen LogP contribution in [0.4, 0.5) is 23.1 Å². The van der Waals surface area contributed by atoms with E-state index in [1.165, 1.54) is 18.5 Å². The number of benzene rings is 1. The Hall–Kier alpha value is -2.37. The first-order valence-electron chi connectivity index (χ1n) is 9.68. The fourth-order valence-electron chi connectivity index (χ4n) is 3.18. The van der Waals surface area contributed by atoms with Crippen molar-refractivity contribution in [3.05, 3.63) is 30.5 Å². The second kappa shape index (κ2) is 8.83. The lowest BCUT2D eigenvalue weighted by Crippen LogP contribution is -2.32. The first-order chi connectivity index (χ1) is 12.7. The van der Waals surface area contributed by atoms with Crippen molar-refractivity contribution < 1.29 is 0 Å². The molecule has 1 N–H and O–H groups in total. The van der Waals surface area contributed by atoms with E-state index in [4.69, 9.17) is 0 Å². The zero-order chi connectivity index (χ0) is 18.4. The van der Waals surface area contributed by atoms with E-state index >= 15 is 0 Å². The second-order valence-corrected chi connectivity index (χ2v) is 7.26. The van der Waals surface area contributed by atoms with E-state index in [9.17, 15) is 0 Å². The minimum atomic E-state index is 0.655. The van der Waals surface area contributed by atoms with Crippen molar-refractivity contribution >= 4 is 23.1 Å². The van der Waals surface area contributed by atoms with Gasteiger partial charge in [-0.15, -0.1) is 5.10 Å². The summed E-state index contributed by atoms with van der Waals surface area (Å²) in [6.07, 6.45) is 6.49. The molecule has 1 fully saturated rings. The Morgan fingerprint density at radius 2 is 1.92 bits per heavy atom. The molecule has 1 aromatic carbocycles. The van der Waals surface area contributed by atoms with Crippen LogP contribution in [-0.2, 0) is 0 Å². The highest BCUT2D eigenvalue weighted by Crippen LogP contribution is 2.25. The predicted octanol–water partition coefficient (Wildman–Crippen LogP) is 4.09. The lowest BCUT2D eigenvalue weighted by Gasteiger charge is -2.32. The van der Waals surface area contributed by atoms with Crippen LogP contribution in [0.15, 0.2) is 30.5 Å². The van der Waals surface area contributed by atoms with Gasteiger partial charge in [-0.05, 0) is 49.4 Å². The number of nitrogens with zero attached hydrogens (tertiary/aromatic N) is 5. The van der Waals surface area contributed by atoms with Crippen molar-refractivity contribution in [3.8, 4) is 0 Å². The SMILES string of the molecule is CCCCN(C)c1nncc(Nc2ccc(N3CCC(C)CC3)cc2)n1. The Balaban J connectivity index is 1.62. The maximum absolute atomic E-state index is 4.57. The monoisotopic (exact) mass is 354 g/mol. The van der Waals surface area contributed by atoms with E-state index in [0.717, 1.165) is 49.9 Å². The average molecular weight is 355 g/mol. The van der Waals surface area contributed by atoms with Gasteiger partial charge in [0.05, 0.1) is 6.20 Å². The number of nitrogens with one attached hydrogen (secondary N) is 1. The number of hydrogen-bond donors (Lipinski definition) is 1. The van der Waals surface area contributed by atoms with Gasteiger partial charge in [0.25, 0.3) is 0 Å². The minimum absolute atomic E-state index is 0.655. The van der Waals surface area contributed by atoms with Crippen LogP contribution in [0, 0.1) is 5.92 Å². The number of unbranched alkanes of at least 4 members (excludes halogenated alkanes) is 1. The molecule has 1 saturated heterocycles. The fourth-order valence-corrected chi connectivity index (χ4v) is 3.18. The predicted molar refractivity (Wildman–Crippen MR) is 108 cm³/mol. The summed E-state index contributed by atoms with van der Waals surface area (Å²) in [7, 11) is 2.00. The molecule has 0 amide bonds. The van der Waals surface area contributed by atoms with Gasteiger partial charge in [-0.1, -0.05) is 20.3 Å². The zero-order valence-electron chi connectivity index (χ0n) is 16.1. The number of aromatic nitrogens is 3. The Morgan fingerprint density at radius 3 is 2.62 bits per heavy atom. The molecule has 1 aliphatic rings. The molecule has 0 saturated carbocycles. The highest BCUT2D eigenvalue weighted by Gasteiger charge is 2.15. The summed E-state index contributed by atoms with van der Waals surface area (Å²) in [4.78, 5) is 9.09. The van der Waals surface area contributed by atoms with E-state index in [1.807, 2.05) is 11.9 Å². The van der Waals surface area contributed by atoms with Gasteiger partial charge in [-0.25, -0.2) is 0 Å². The molecule has 0 unspecified atom stereocenters. The van der Waals surface area contributed by atoms with Gasteiger partial charge in [-0.3, -0.25) is 0 Å². The topological polar surface area (TPSA) is 57.2 Å². The van der Waals surface area contributed by atoms with Crippen LogP contribution in [0.2, 0.25) is 0 Å². The maximum Gasteiger partial charge on any atom is 0.247 e. The normalized spacial score (nSPS) is 15.1. The summed E-state index contributed by atoms with van der Waals surface area (Å²) in [5, 5.41) is 11.6. The highest BCUT2D eigenvalue weighted by molar-refractivity contribution is 5.61. The molecule has 0 bridgehead atoms. The molecular formula is C20H30N6. The highest BCUT2D eigenvalue weighted by atomic mass is 15.3. The molecular weight excluding hydrogens is 324 g/mol. The van der Waals surface area contributed by atoms with Crippen molar-refractivity contribution in [1.82, 2.24) is 15.2 Å². The third kappa shape index (κ3) is 4.84. The zero-order valence-corrected chi connectivity index (χ0v) is 16.1. The molecule has 3 rings (SSSR count). The first kappa shape index (κ1) is 18.4. The summed E-state index contributed by atoms with van der Waals surface area (Å²) < 4.78 is 0. The standard InChI is InChI=1S/C20H30N6/c1-4-5-12-25(3)20-23-19(15-21-24-20)22-17-6-8-18(9-7-17)26-13-10-16(2)11-14-26/h6-9,15-16H,4-5,10-14H2,1-3H3,(H,22,23,24). The van der Waals surface area contributed by atoms with Gasteiger partial charge in [-0.2, -0.15) is 10.1 Å². The van der Waals surface area contributed by atoms with Gasteiger partial charge in [0.1, 0.15) is 0 Å². The molecule has 2 heterocycles. The third-order valence-electron chi connectivity index (χ3n) is 5.02. The van der Waals surface area contributed by atoms with Gasteiger partial charge >= 0.3 is 0 Å². The molecule has 0 aliphatic carbocycles. The summed E-state index contributed by atoms with van der Waals surface area (Å²) in [5.41, 5.74) is 2.31. The maximum atomic E-state index is 4.57. The smallest absolute Gasteiger partial charge is 0.247 e. The molecule has 2 aromatic rings. The van der Waals surface area contributed by atoms with Crippen LogP contribution < -0.4 is 15.1 Å². The number of rotatable bonds is 7. The molecule has 140 valence electrons. The molecule has 0 spiro atoms. The molecule has 0 radical (unpaired) electrons. The van der Waals surface area contributed by atoms with E-state index in [0.29, 0.717) is 5.95 Å². The van der Waals surface area contributed by atoms with Crippen molar-refractivity contribution in [2.75, 3.05) is 41.8 Å². The van der Waals surface area contributed by atoms with E-state index in [-0.39, 0.29) is 0 Å². The first-order valence-corrected chi connectivity index (χ1v) is 9.68. The van der Waals surface area contributed by atoms with Gasteiger partial charge in [0, 0.05) is 38.1 Å². The van der Waals surface area contributed by atoms with Gasteiger partial charge in [0.15, 0.2) is 5.82 Å². The molecule has 1 aliphatic heterocycles. The summed E-state index contributed by atoms with van der Waals surface area (Å²) in [5.74, 6) is 2.22. The second-order valence-electron chi connectivity index (χ2n) is 7.26. The summed E-state index contributed by atoms with van der Waals surface area (Å²) in [6.45, 7) is 7.76. The lowest BCUT2D eigenvalue weighted by molar-refractivity contribution is 0.438. The number of anilines is 4. The van der Waals surface area contributed by atoms with Crippen molar-refractivity contribution in [2.45, 2.75) is 39.5 Å². The molecule has 26 heavy (non-hydrogen) atoms. The number of piperidine rings is 1. The van der Waals surface area contributed by atoms with Gasteiger partial charge in [0.2, 0.25) is 5.95 Å². The van der Waals surface area contributed by atoms with Crippen molar-refractivity contribution in [1.29, 1.82) is 0 Å². The third-order valence-corrected chi connectivity index (χ3v) is 5.02. The number of hydrogen-bond acceptors (Lipinski definition) is 6. The Labute approximate surface area is 156 Å². The van der Waals surface area contributed by atoms with Crippen LogP contribution in [0.1, 0.15) is 39.5 Å². The minimum Gasteiger partial charge on any atom is -0.372 e. The fraction of sp³-hybridized carbons (Fsp3) is 0.550. The van der Waals surface area contributed by atoms with Crippen LogP contribution in [0.25, 0.3) is 0 Å². The summed E-state index contributed by atoms with van der Waals surface area (Å²) >= 11 is 0. The van der Waals surface area contributed by atoms with E-state index in [2.05, 4.69) is 63.5 Å². The average Bonchev–Trinajstić information content (AvgIpc) is 2.67. The molecule has 0 atom stereocenters. The lowest BCUT2D eigenvalue weighted by atomic mass is 9.99. The van der Waals surface area contributed by atoms with Crippen molar-refractivity contribution in [2.24, 2.45) is 5.92 Å². The van der Waals surface area contributed by atoms with E-state index < -0.39 is 0 Å². The largest absolute Gasteiger partial charge is 0.372 e. The van der Waals surface area contributed by atoms with Crippen LogP contribution in [0.5, 0.6) is 0 Å². The van der Waals surface area contributed by atoms with Crippen LogP contribution in [0.3, 0.4) is 0 Å². The Bertz CT molecular complexity index is 679. The van der Waals surface area contributed by atoms with Gasteiger partial charge < -0.3 is 15.1 Å². The molecule has 6 heteroatoms. The van der Waals surface area contributed by atoms with Crippen LogP contribution in [-0.4, -0.2) is 41.9 Å². The Kier molecular flexibility index (Phi) is 6.26.